The Morgan fingerprint density at radius 3 is 2.15 bits per heavy atom. The maximum absolute atomic E-state index is 12.6. The molecule has 0 spiro atoms. The Bertz CT molecular complexity index is 525. The molecule has 0 bridgehead atoms. The molecule has 3 unspecified atom stereocenters. The van der Waals surface area contributed by atoms with Crippen LogP contribution < -0.4 is 27.8 Å². The summed E-state index contributed by atoms with van der Waals surface area (Å²) in [5.41, 5.74) is 16.3. The summed E-state index contributed by atoms with van der Waals surface area (Å²) in [5, 5.41) is 14.4. The summed E-state index contributed by atoms with van der Waals surface area (Å²) >= 11 is 1.48. The van der Waals surface area contributed by atoms with Crippen LogP contribution in [0.5, 0.6) is 0 Å². The first-order valence-electron chi connectivity index (χ1n) is 8.73. The van der Waals surface area contributed by atoms with Gasteiger partial charge in [-0.1, -0.05) is 13.8 Å². The minimum Gasteiger partial charge on any atom is -0.480 e. The maximum atomic E-state index is 12.6. The highest BCUT2D eigenvalue weighted by atomic mass is 32.2. The number of carboxylic acid groups (broad SMARTS) is 1. The van der Waals surface area contributed by atoms with Crippen LogP contribution >= 0.6 is 11.8 Å². The van der Waals surface area contributed by atoms with Crippen molar-refractivity contribution in [1.29, 1.82) is 0 Å². The fourth-order valence-corrected chi connectivity index (χ4v) is 2.58. The molecule has 9 N–H and O–H groups in total. The molecule has 11 heteroatoms. The molecule has 156 valence electrons. The summed E-state index contributed by atoms with van der Waals surface area (Å²) in [6.07, 6.45) is 2.80. The van der Waals surface area contributed by atoms with Gasteiger partial charge < -0.3 is 32.9 Å². The van der Waals surface area contributed by atoms with Gasteiger partial charge in [0.05, 0.1) is 6.04 Å². The molecule has 0 saturated carbocycles. The van der Waals surface area contributed by atoms with Crippen molar-refractivity contribution in [3.8, 4) is 0 Å². The Morgan fingerprint density at radius 1 is 1.07 bits per heavy atom. The minimum atomic E-state index is -1.12. The largest absolute Gasteiger partial charge is 0.480 e. The Morgan fingerprint density at radius 2 is 1.67 bits per heavy atom. The predicted molar refractivity (Wildman–Crippen MR) is 107 cm³/mol. The number of hydrogen-bond donors (Lipinski definition) is 6. The SMILES string of the molecule is CSCCC(NC(=O)C(CCCN=C(N)N)NC(=O)C(N)C(C)C)C(=O)O. The number of nitrogens with zero attached hydrogens (tertiary/aromatic N) is 1. The maximum Gasteiger partial charge on any atom is 0.326 e. The average molecular weight is 405 g/mol. The van der Waals surface area contributed by atoms with Crippen molar-refractivity contribution in [2.45, 2.75) is 51.2 Å². The van der Waals surface area contributed by atoms with Crippen molar-refractivity contribution in [2.75, 3.05) is 18.6 Å². The lowest BCUT2D eigenvalue weighted by molar-refractivity contribution is -0.142. The molecule has 0 heterocycles. The van der Waals surface area contributed by atoms with Gasteiger partial charge in [0, 0.05) is 6.54 Å². The highest BCUT2D eigenvalue weighted by Crippen LogP contribution is 2.06. The van der Waals surface area contributed by atoms with Crippen LogP contribution in [0, 0.1) is 5.92 Å². The lowest BCUT2D eigenvalue weighted by Crippen LogP contribution is -2.55. The number of nitrogens with two attached hydrogens (primary N) is 3. The van der Waals surface area contributed by atoms with Crippen LogP contribution in [0.25, 0.3) is 0 Å². The van der Waals surface area contributed by atoms with Crippen molar-refractivity contribution in [2.24, 2.45) is 28.1 Å². The second-order valence-electron chi connectivity index (χ2n) is 6.46. The van der Waals surface area contributed by atoms with Crippen molar-refractivity contribution < 1.29 is 19.5 Å². The van der Waals surface area contributed by atoms with Crippen molar-refractivity contribution >= 4 is 35.5 Å². The molecule has 2 amide bonds. The zero-order valence-corrected chi connectivity index (χ0v) is 16.9. The van der Waals surface area contributed by atoms with E-state index in [1.807, 2.05) is 6.26 Å². The lowest BCUT2D eigenvalue weighted by atomic mass is 10.0. The Labute approximate surface area is 164 Å². The first-order valence-corrected chi connectivity index (χ1v) is 10.1. The van der Waals surface area contributed by atoms with Gasteiger partial charge in [0.1, 0.15) is 12.1 Å². The number of aliphatic carboxylic acids is 1. The topological polar surface area (TPSA) is 186 Å². The van der Waals surface area contributed by atoms with E-state index in [0.29, 0.717) is 12.2 Å². The molecule has 0 aromatic rings. The van der Waals surface area contributed by atoms with Crippen LogP contribution in [0.2, 0.25) is 0 Å². The number of carboxylic acids is 1. The third kappa shape index (κ3) is 10.7. The number of nitrogens with one attached hydrogen (secondary N) is 2. The van der Waals surface area contributed by atoms with Crippen LogP contribution in [-0.2, 0) is 14.4 Å². The highest BCUT2D eigenvalue weighted by Gasteiger charge is 2.28. The molecular formula is C16H32N6O4S. The summed E-state index contributed by atoms with van der Waals surface area (Å²) < 4.78 is 0. The van der Waals surface area contributed by atoms with E-state index in [0.717, 1.165) is 0 Å². The summed E-state index contributed by atoms with van der Waals surface area (Å²) in [4.78, 5) is 40.0. The first kappa shape index (κ1) is 25.0. The molecule has 0 rings (SSSR count). The molecule has 0 fully saturated rings. The minimum absolute atomic E-state index is 0.0649. The van der Waals surface area contributed by atoms with Crippen LogP contribution in [0.15, 0.2) is 4.99 Å². The van der Waals surface area contributed by atoms with E-state index in [1.54, 1.807) is 13.8 Å². The molecule has 0 aliphatic carbocycles. The number of amides is 2. The summed E-state index contributed by atoms with van der Waals surface area (Å²) in [6.45, 7) is 3.87. The fourth-order valence-electron chi connectivity index (χ4n) is 2.11. The molecule has 0 saturated heterocycles. The smallest absolute Gasteiger partial charge is 0.326 e. The quantitative estimate of drug-likeness (QED) is 0.126. The molecule has 0 aliphatic heterocycles. The fraction of sp³-hybridized carbons (Fsp3) is 0.750. The van der Waals surface area contributed by atoms with E-state index in [1.165, 1.54) is 11.8 Å². The van der Waals surface area contributed by atoms with Crippen LogP contribution in [0.4, 0.5) is 0 Å². The van der Waals surface area contributed by atoms with E-state index in [2.05, 4.69) is 15.6 Å². The van der Waals surface area contributed by atoms with E-state index in [9.17, 15) is 19.5 Å². The summed E-state index contributed by atoms with van der Waals surface area (Å²) in [7, 11) is 0. The third-order valence-electron chi connectivity index (χ3n) is 3.82. The van der Waals surface area contributed by atoms with E-state index in [4.69, 9.17) is 17.2 Å². The zero-order valence-electron chi connectivity index (χ0n) is 16.1. The predicted octanol–water partition coefficient (Wildman–Crippen LogP) is -1.17. The van der Waals surface area contributed by atoms with Crippen LogP contribution in [0.3, 0.4) is 0 Å². The van der Waals surface area contributed by atoms with Gasteiger partial charge in [0.2, 0.25) is 11.8 Å². The van der Waals surface area contributed by atoms with Gasteiger partial charge in [0.15, 0.2) is 5.96 Å². The monoisotopic (exact) mass is 404 g/mol. The third-order valence-corrected chi connectivity index (χ3v) is 4.47. The van der Waals surface area contributed by atoms with Gasteiger partial charge in [-0.15, -0.1) is 0 Å². The van der Waals surface area contributed by atoms with Gasteiger partial charge in [0.25, 0.3) is 0 Å². The Hall–Kier alpha value is -2.01. The van der Waals surface area contributed by atoms with E-state index in [-0.39, 0.29) is 31.3 Å². The number of thioether (sulfide) groups is 1. The lowest BCUT2D eigenvalue weighted by Gasteiger charge is -2.23. The summed E-state index contributed by atoms with van der Waals surface area (Å²) in [5.74, 6) is -1.76. The Balaban J connectivity index is 5.06. The van der Waals surface area contributed by atoms with Crippen molar-refractivity contribution in [3.63, 3.8) is 0 Å². The molecule has 3 atom stereocenters. The summed E-state index contributed by atoms with van der Waals surface area (Å²) in [6, 6.07) is -2.72. The van der Waals surface area contributed by atoms with Crippen LogP contribution in [-0.4, -0.2) is 65.5 Å². The molecule has 0 radical (unpaired) electrons. The number of hydrogen-bond acceptors (Lipinski definition) is 6. The number of carbonyl (C=O) groups excluding carboxylic acids is 2. The number of guanidine groups is 1. The van der Waals surface area contributed by atoms with Crippen LogP contribution in [0.1, 0.15) is 33.1 Å². The van der Waals surface area contributed by atoms with E-state index >= 15 is 0 Å². The molecular weight excluding hydrogens is 372 g/mol. The number of carbonyl (C=O) groups is 3. The number of rotatable bonds is 13. The standard InChI is InChI=1S/C16H32N6O4S/c1-9(2)12(17)14(24)21-10(5-4-7-20-16(18)19)13(23)22-11(15(25)26)6-8-27-3/h9-12H,4-8,17H2,1-3H3,(H,21,24)(H,22,23)(H,25,26)(H4,18,19,20). The second-order valence-corrected chi connectivity index (χ2v) is 7.45. The first-order chi connectivity index (χ1) is 12.6. The normalized spacial score (nSPS) is 14.1. The zero-order chi connectivity index (χ0) is 21.0. The van der Waals surface area contributed by atoms with Gasteiger partial charge >= 0.3 is 5.97 Å². The van der Waals surface area contributed by atoms with Gasteiger partial charge in [-0.25, -0.2) is 4.79 Å². The second kappa shape index (κ2) is 13.2. The van der Waals surface area contributed by atoms with Gasteiger partial charge in [-0.3, -0.25) is 14.6 Å². The molecule has 0 aromatic carbocycles. The molecule has 27 heavy (non-hydrogen) atoms. The highest BCUT2D eigenvalue weighted by molar-refractivity contribution is 7.98. The van der Waals surface area contributed by atoms with Gasteiger partial charge in [-0.05, 0) is 37.2 Å². The van der Waals surface area contributed by atoms with Gasteiger partial charge in [-0.2, -0.15) is 11.8 Å². The van der Waals surface area contributed by atoms with Crippen molar-refractivity contribution in [1.82, 2.24) is 10.6 Å². The average Bonchev–Trinajstić information content (AvgIpc) is 2.59. The van der Waals surface area contributed by atoms with Crippen molar-refractivity contribution in [3.05, 3.63) is 0 Å². The molecule has 10 nitrogen and oxygen atoms in total. The Kier molecular flexibility index (Phi) is 12.2. The van der Waals surface area contributed by atoms with E-state index < -0.39 is 35.9 Å². The molecule has 0 aliphatic rings. The molecule has 0 aromatic heterocycles. The number of aliphatic imine (C=N–C) groups is 1.